The first kappa shape index (κ1) is 15.8. The van der Waals surface area contributed by atoms with Gasteiger partial charge in [-0.2, -0.15) is 5.10 Å². The van der Waals surface area contributed by atoms with E-state index in [2.05, 4.69) is 9.84 Å². The Morgan fingerprint density at radius 1 is 1.36 bits per heavy atom. The molecule has 0 amide bonds. The van der Waals surface area contributed by atoms with Gasteiger partial charge in [0.2, 0.25) is 5.76 Å². The standard InChI is InChI=1S/C16H18N2O4/c1-5-18-11(3)15(10(2)17-18)13(19)8-6-12-7-9-14(22-12)16(20)21-4/h6-9H,5H2,1-4H3. The van der Waals surface area contributed by atoms with Gasteiger partial charge in [0.05, 0.1) is 18.4 Å². The summed E-state index contributed by atoms with van der Waals surface area (Å²) in [6, 6.07) is 3.10. The molecule has 2 aromatic rings. The van der Waals surface area contributed by atoms with Gasteiger partial charge in [0.25, 0.3) is 0 Å². The molecule has 0 saturated heterocycles. The lowest BCUT2D eigenvalue weighted by molar-refractivity contribution is 0.0564. The number of furan rings is 1. The van der Waals surface area contributed by atoms with Crippen LogP contribution >= 0.6 is 0 Å². The van der Waals surface area contributed by atoms with Gasteiger partial charge < -0.3 is 9.15 Å². The van der Waals surface area contributed by atoms with Crippen LogP contribution in [0, 0.1) is 13.8 Å². The van der Waals surface area contributed by atoms with Gasteiger partial charge in [0.15, 0.2) is 5.78 Å². The topological polar surface area (TPSA) is 74.3 Å². The second-order valence-electron chi connectivity index (χ2n) is 4.75. The fourth-order valence-electron chi connectivity index (χ4n) is 2.26. The van der Waals surface area contributed by atoms with Crippen molar-refractivity contribution in [1.29, 1.82) is 0 Å². The molecule has 6 nitrogen and oxygen atoms in total. The quantitative estimate of drug-likeness (QED) is 0.482. The lowest BCUT2D eigenvalue weighted by Crippen LogP contribution is -2.01. The third kappa shape index (κ3) is 3.00. The molecule has 0 fully saturated rings. The van der Waals surface area contributed by atoms with Gasteiger partial charge in [0.1, 0.15) is 5.76 Å². The summed E-state index contributed by atoms with van der Waals surface area (Å²) >= 11 is 0. The molecule has 0 bridgehead atoms. The van der Waals surface area contributed by atoms with Gasteiger partial charge in [-0.05, 0) is 45.1 Å². The van der Waals surface area contributed by atoms with E-state index in [1.807, 2.05) is 20.8 Å². The number of esters is 1. The number of hydrogen-bond acceptors (Lipinski definition) is 5. The Morgan fingerprint density at radius 3 is 2.68 bits per heavy atom. The van der Waals surface area contributed by atoms with Gasteiger partial charge in [0, 0.05) is 12.2 Å². The summed E-state index contributed by atoms with van der Waals surface area (Å²) in [6.07, 6.45) is 2.94. The molecule has 22 heavy (non-hydrogen) atoms. The minimum Gasteiger partial charge on any atom is -0.463 e. The number of aromatic nitrogens is 2. The molecule has 0 aliphatic carbocycles. The molecule has 0 aromatic carbocycles. The molecule has 0 radical (unpaired) electrons. The predicted molar refractivity (Wildman–Crippen MR) is 80.8 cm³/mol. The van der Waals surface area contributed by atoms with E-state index in [0.29, 0.717) is 23.6 Å². The van der Waals surface area contributed by atoms with E-state index >= 15 is 0 Å². The van der Waals surface area contributed by atoms with E-state index in [9.17, 15) is 9.59 Å². The van der Waals surface area contributed by atoms with Crippen LogP contribution in [0.4, 0.5) is 0 Å². The van der Waals surface area contributed by atoms with Crippen molar-refractivity contribution in [3.8, 4) is 0 Å². The number of rotatable bonds is 5. The molecular weight excluding hydrogens is 284 g/mol. The van der Waals surface area contributed by atoms with Crippen molar-refractivity contribution >= 4 is 17.8 Å². The normalized spacial score (nSPS) is 11.1. The van der Waals surface area contributed by atoms with Gasteiger partial charge in [-0.15, -0.1) is 0 Å². The monoisotopic (exact) mass is 302 g/mol. The highest BCUT2D eigenvalue weighted by Gasteiger charge is 2.16. The number of methoxy groups -OCH3 is 1. The van der Waals surface area contributed by atoms with Crippen LogP contribution in [-0.2, 0) is 11.3 Å². The molecule has 6 heteroatoms. The molecule has 0 aliphatic heterocycles. The summed E-state index contributed by atoms with van der Waals surface area (Å²) in [5.41, 5.74) is 2.13. The number of carbonyl (C=O) groups is 2. The molecule has 0 unspecified atom stereocenters. The number of allylic oxidation sites excluding steroid dienone is 1. The van der Waals surface area contributed by atoms with Crippen LogP contribution in [0.2, 0.25) is 0 Å². The summed E-state index contributed by atoms with van der Waals surface area (Å²) in [6.45, 7) is 6.36. The number of ether oxygens (including phenoxy) is 1. The average molecular weight is 302 g/mol. The molecule has 116 valence electrons. The first-order valence-electron chi connectivity index (χ1n) is 6.92. The maximum Gasteiger partial charge on any atom is 0.373 e. The first-order valence-corrected chi connectivity index (χ1v) is 6.92. The second-order valence-corrected chi connectivity index (χ2v) is 4.75. The summed E-state index contributed by atoms with van der Waals surface area (Å²) in [7, 11) is 1.28. The van der Waals surface area contributed by atoms with Crippen LogP contribution < -0.4 is 0 Å². The minimum atomic E-state index is -0.554. The zero-order valence-electron chi connectivity index (χ0n) is 13.0. The Morgan fingerprint density at radius 2 is 2.09 bits per heavy atom. The van der Waals surface area contributed by atoms with E-state index in [4.69, 9.17) is 4.42 Å². The van der Waals surface area contributed by atoms with E-state index in [-0.39, 0.29) is 11.5 Å². The Balaban J connectivity index is 2.20. The Labute approximate surface area is 128 Å². The molecule has 2 rings (SSSR count). The maximum absolute atomic E-state index is 12.3. The van der Waals surface area contributed by atoms with Crippen LogP contribution in [0.5, 0.6) is 0 Å². The van der Waals surface area contributed by atoms with Crippen molar-refractivity contribution in [1.82, 2.24) is 9.78 Å². The van der Waals surface area contributed by atoms with Crippen LogP contribution in [0.15, 0.2) is 22.6 Å². The van der Waals surface area contributed by atoms with Crippen LogP contribution in [0.25, 0.3) is 6.08 Å². The maximum atomic E-state index is 12.3. The van der Waals surface area contributed by atoms with E-state index in [0.717, 1.165) is 5.69 Å². The summed E-state index contributed by atoms with van der Waals surface area (Å²) in [5.74, 6) is -0.194. The lowest BCUT2D eigenvalue weighted by atomic mass is 10.1. The fraction of sp³-hybridized carbons (Fsp3) is 0.312. The first-order chi connectivity index (χ1) is 10.5. The molecule has 0 atom stereocenters. The summed E-state index contributed by atoms with van der Waals surface area (Å²) < 4.78 is 11.6. The molecule has 0 spiro atoms. The summed E-state index contributed by atoms with van der Waals surface area (Å²) in [5, 5.41) is 4.32. The smallest absolute Gasteiger partial charge is 0.373 e. The fourth-order valence-corrected chi connectivity index (χ4v) is 2.26. The number of ketones is 1. The number of hydrogen-bond donors (Lipinski definition) is 0. The van der Waals surface area contributed by atoms with Crippen molar-refractivity contribution in [3.63, 3.8) is 0 Å². The van der Waals surface area contributed by atoms with E-state index in [1.165, 1.54) is 25.3 Å². The van der Waals surface area contributed by atoms with Crippen molar-refractivity contribution in [2.75, 3.05) is 7.11 Å². The SMILES string of the molecule is CCn1nc(C)c(C(=O)C=Cc2ccc(C(=O)OC)o2)c1C. The molecular formula is C16H18N2O4. The predicted octanol–water partition coefficient (Wildman–Crippen LogP) is 2.80. The second kappa shape index (κ2) is 6.43. The third-order valence-corrected chi connectivity index (χ3v) is 3.34. The Bertz CT molecular complexity index is 737. The van der Waals surface area contributed by atoms with Crippen molar-refractivity contribution in [2.24, 2.45) is 0 Å². The highest BCUT2D eigenvalue weighted by molar-refractivity contribution is 6.08. The van der Waals surface area contributed by atoms with Crippen molar-refractivity contribution in [3.05, 3.63) is 46.7 Å². The van der Waals surface area contributed by atoms with Crippen molar-refractivity contribution < 1.29 is 18.7 Å². The van der Waals surface area contributed by atoms with Gasteiger partial charge in [-0.25, -0.2) is 4.79 Å². The number of aryl methyl sites for hydroxylation is 2. The summed E-state index contributed by atoms with van der Waals surface area (Å²) in [4.78, 5) is 23.6. The molecule has 2 heterocycles. The zero-order valence-corrected chi connectivity index (χ0v) is 13.0. The Hall–Kier alpha value is -2.63. The number of nitrogens with zero attached hydrogens (tertiary/aromatic N) is 2. The zero-order chi connectivity index (χ0) is 16.3. The Kier molecular flexibility index (Phi) is 4.60. The highest BCUT2D eigenvalue weighted by Crippen LogP contribution is 2.16. The largest absolute Gasteiger partial charge is 0.463 e. The lowest BCUT2D eigenvalue weighted by Gasteiger charge is -1.99. The third-order valence-electron chi connectivity index (χ3n) is 3.34. The number of carbonyl (C=O) groups excluding carboxylic acids is 2. The van der Waals surface area contributed by atoms with Crippen LogP contribution in [0.1, 0.15) is 45.0 Å². The minimum absolute atomic E-state index is 0.0979. The van der Waals surface area contributed by atoms with Crippen LogP contribution in [0.3, 0.4) is 0 Å². The molecule has 0 N–H and O–H groups in total. The highest BCUT2D eigenvalue weighted by atomic mass is 16.5. The van der Waals surface area contributed by atoms with Gasteiger partial charge >= 0.3 is 5.97 Å². The molecule has 2 aromatic heterocycles. The van der Waals surface area contributed by atoms with E-state index < -0.39 is 5.97 Å². The molecule has 0 aliphatic rings. The van der Waals surface area contributed by atoms with Gasteiger partial charge in [-0.1, -0.05) is 0 Å². The van der Waals surface area contributed by atoms with Crippen LogP contribution in [-0.4, -0.2) is 28.6 Å². The average Bonchev–Trinajstić information content (AvgIpc) is 3.08. The van der Waals surface area contributed by atoms with Crippen molar-refractivity contribution in [2.45, 2.75) is 27.3 Å². The molecule has 0 saturated carbocycles. The van der Waals surface area contributed by atoms with E-state index in [1.54, 1.807) is 10.7 Å². The van der Waals surface area contributed by atoms with Gasteiger partial charge in [-0.3, -0.25) is 9.48 Å².